The second-order valence-electron chi connectivity index (χ2n) is 9.14. The van der Waals surface area contributed by atoms with Crippen molar-refractivity contribution < 1.29 is 4.52 Å². The van der Waals surface area contributed by atoms with Crippen LogP contribution in [-0.2, 0) is 5.41 Å². The van der Waals surface area contributed by atoms with Crippen LogP contribution in [0.15, 0.2) is 23.2 Å². The topological polar surface area (TPSA) is 121 Å². The summed E-state index contributed by atoms with van der Waals surface area (Å²) in [7, 11) is 0. The summed E-state index contributed by atoms with van der Waals surface area (Å²) in [6, 6.07) is 0.0860. The van der Waals surface area contributed by atoms with Gasteiger partial charge in [-0.25, -0.2) is 24.6 Å². The average molecular weight is 419 g/mol. The lowest BCUT2D eigenvalue weighted by Gasteiger charge is -2.09. The molecule has 0 saturated heterocycles. The minimum atomic E-state index is -0.0703. The largest absolute Gasteiger partial charge is 0.383 e. The Morgan fingerprint density at radius 3 is 2.35 bits per heavy atom. The van der Waals surface area contributed by atoms with Crippen molar-refractivity contribution in [3.8, 4) is 22.8 Å². The van der Waals surface area contributed by atoms with E-state index in [0.29, 0.717) is 40.0 Å². The zero-order valence-corrected chi connectivity index (χ0v) is 18.4. The van der Waals surface area contributed by atoms with Gasteiger partial charge in [0.2, 0.25) is 0 Å². The predicted octanol–water partition coefficient (Wildman–Crippen LogP) is 4.28. The van der Waals surface area contributed by atoms with Crippen LogP contribution >= 0.6 is 0 Å². The summed E-state index contributed by atoms with van der Waals surface area (Å²) in [5.41, 5.74) is 9.87. The second-order valence-corrected chi connectivity index (χ2v) is 9.14. The minimum Gasteiger partial charge on any atom is -0.383 e. The minimum absolute atomic E-state index is 0.0703. The van der Waals surface area contributed by atoms with Crippen molar-refractivity contribution in [1.29, 1.82) is 0 Å². The molecule has 5 rings (SSSR count). The molecule has 1 saturated carbocycles. The molecule has 4 heterocycles. The molecule has 9 heteroatoms. The summed E-state index contributed by atoms with van der Waals surface area (Å²) in [5, 5.41) is 9.94. The first-order valence-electron chi connectivity index (χ1n) is 10.6. The second kappa shape index (κ2) is 6.83. The van der Waals surface area contributed by atoms with Gasteiger partial charge < -0.3 is 10.3 Å². The van der Waals surface area contributed by atoms with E-state index in [9.17, 15) is 0 Å². The number of hydrogen-bond acceptors (Lipinski definition) is 8. The number of nitrogen functional groups attached to an aromatic ring is 1. The van der Waals surface area contributed by atoms with Gasteiger partial charge in [0.05, 0.1) is 10.9 Å². The maximum atomic E-state index is 6.26. The summed E-state index contributed by atoms with van der Waals surface area (Å²) in [4.78, 5) is 18.0. The van der Waals surface area contributed by atoms with Crippen molar-refractivity contribution in [1.82, 2.24) is 34.9 Å². The standard InChI is InChI=1S/C22H26N8O/c1-11(2)13-8-24-20(25-9-13)14-17(29-31-18(14)22(5)6-7-22)16-15-19(23)26-10-27-21(15)30(28-16)12(3)4/h8-12H,6-7H2,1-5H3,(H2,23,26,27). The number of nitrogens with two attached hydrogens (primary N) is 1. The fraction of sp³-hybridized carbons (Fsp3) is 0.455. The van der Waals surface area contributed by atoms with Crippen molar-refractivity contribution in [2.24, 2.45) is 0 Å². The van der Waals surface area contributed by atoms with E-state index in [1.54, 1.807) is 0 Å². The Labute approximate surface area is 180 Å². The third-order valence-corrected chi connectivity index (χ3v) is 6.03. The Bertz CT molecular complexity index is 1260. The van der Waals surface area contributed by atoms with E-state index in [4.69, 9.17) is 15.4 Å². The molecule has 1 aliphatic carbocycles. The third-order valence-electron chi connectivity index (χ3n) is 6.03. The lowest BCUT2D eigenvalue weighted by atomic mass is 9.98. The molecule has 0 spiro atoms. The highest BCUT2D eigenvalue weighted by Gasteiger charge is 2.46. The summed E-state index contributed by atoms with van der Waals surface area (Å²) < 4.78 is 7.74. The Kier molecular flexibility index (Phi) is 4.32. The van der Waals surface area contributed by atoms with Gasteiger partial charge >= 0.3 is 0 Å². The Morgan fingerprint density at radius 2 is 1.74 bits per heavy atom. The molecule has 0 aliphatic heterocycles. The van der Waals surface area contributed by atoms with Crippen LogP contribution in [0.25, 0.3) is 33.8 Å². The molecule has 2 N–H and O–H groups in total. The summed E-state index contributed by atoms with van der Waals surface area (Å²) in [5.74, 6) is 2.07. The lowest BCUT2D eigenvalue weighted by molar-refractivity contribution is 0.362. The molecule has 1 fully saturated rings. The molecule has 1 aliphatic rings. The van der Waals surface area contributed by atoms with Crippen LogP contribution in [0.1, 0.15) is 70.7 Å². The van der Waals surface area contributed by atoms with Crippen LogP contribution in [-0.4, -0.2) is 34.9 Å². The van der Waals surface area contributed by atoms with Crippen LogP contribution in [0.4, 0.5) is 5.82 Å². The lowest BCUT2D eigenvalue weighted by Crippen LogP contribution is -2.04. The van der Waals surface area contributed by atoms with Crippen LogP contribution in [0.3, 0.4) is 0 Å². The van der Waals surface area contributed by atoms with Gasteiger partial charge in [-0.05, 0) is 38.2 Å². The number of nitrogens with zero attached hydrogens (tertiary/aromatic N) is 7. The first kappa shape index (κ1) is 19.6. The summed E-state index contributed by atoms with van der Waals surface area (Å²) in [6.07, 6.45) is 7.25. The van der Waals surface area contributed by atoms with E-state index in [0.717, 1.165) is 29.7 Å². The van der Waals surface area contributed by atoms with E-state index in [2.05, 4.69) is 45.9 Å². The number of hydrogen-bond donors (Lipinski definition) is 1. The van der Waals surface area contributed by atoms with Crippen molar-refractivity contribution in [3.63, 3.8) is 0 Å². The zero-order valence-electron chi connectivity index (χ0n) is 18.4. The van der Waals surface area contributed by atoms with Gasteiger partial charge in [0.15, 0.2) is 17.2 Å². The van der Waals surface area contributed by atoms with E-state index < -0.39 is 0 Å². The maximum Gasteiger partial charge on any atom is 0.165 e. The molecule has 160 valence electrons. The van der Waals surface area contributed by atoms with Gasteiger partial charge in [-0.3, -0.25) is 0 Å². The zero-order chi connectivity index (χ0) is 21.9. The summed E-state index contributed by atoms with van der Waals surface area (Å²) >= 11 is 0. The molecule has 0 unspecified atom stereocenters. The van der Waals surface area contributed by atoms with Crippen LogP contribution < -0.4 is 5.73 Å². The van der Waals surface area contributed by atoms with Gasteiger partial charge in [0.25, 0.3) is 0 Å². The molecular weight excluding hydrogens is 392 g/mol. The SMILES string of the molecule is CC(C)c1cnc(-c2c(-c3nn(C(C)C)c4ncnc(N)c34)noc2C2(C)CC2)nc1. The van der Waals surface area contributed by atoms with Gasteiger partial charge in [0, 0.05) is 23.9 Å². The summed E-state index contributed by atoms with van der Waals surface area (Å²) in [6.45, 7) is 10.5. The molecule has 0 amide bonds. The van der Waals surface area contributed by atoms with Gasteiger partial charge in [0.1, 0.15) is 23.5 Å². The van der Waals surface area contributed by atoms with Gasteiger partial charge in [-0.15, -0.1) is 0 Å². The number of aromatic nitrogens is 7. The number of rotatable bonds is 5. The third kappa shape index (κ3) is 3.07. The fourth-order valence-electron chi connectivity index (χ4n) is 3.77. The normalized spacial score (nSPS) is 15.3. The van der Waals surface area contributed by atoms with Crippen molar-refractivity contribution in [3.05, 3.63) is 30.0 Å². The quantitative estimate of drug-likeness (QED) is 0.510. The molecule has 4 aromatic heterocycles. The van der Waals surface area contributed by atoms with Crippen molar-refractivity contribution >= 4 is 16.9 Å². The highest BCUT2D eigenvalue weighted by molar-refractivity contribution is 6.00. The van der Waals surface area contributed by atoms with E-state index in [1.807, 2.05) is 30.9 Å². The van der Waals surface area contributed by atoms with Crippen molar-refractivity contribution in [2.75, 3.05) is 5.73 Å². The Hall–Kier alpha value is -3.36. The van der Waals surface area contributed by atoms with Crippen molar-refractivity contribution in [2.45, 2.75) is 64.8 Å². The molecule has 0 radical (unpaired) electrons. The molecular formula is C22H26N8O. The molecule has 4 aromatic rings. The first-order valence-corrected chi connectivity index (χ1v) is 10.6. The molecule has 0 bridgehead atoms. The molecule has 0 aromatic carbocycles. The van der Waals surface area contributed by atoms with Gasteiger partial charge in [-0.2, -0.15) is 5.10 Å². The number of anilines is 1. The smallest absolute Gasteiger partial charge is 0.165 e. The van der Waals surface area contributed by atoms with Crippen LogP contribution in [0.5, 0.6) is 0 Å². The molecule has 0 atom stereocenters. The highest BCUT2D eigenvalue weighted by atomic mass is 16.5. The van der Waals surface area contributed by atoms with Crippen LogP contribution in [0.2, 0.25) is 0 Å². The Balaban J connectivity index is 1.78. The monoisotopic (exact) mass is 418 g/mol. The molecule has 9 nitrogen and oxygen atoms in total. The van der Waals surface area contributed by atoms with E-state index in [1.165, 1.54) is 6.33 Å². The van der Waals surface area contributed by atoms with Gasteiger partial charge in [-0.1, -0.05) is 25.9 Å². The van der Waals surface area contributed by atoms with Crippen LogP contribution in [0, 0.1) is 0 Å². The van der Waals surface area contributed by atoms with E-state index >= 15 is 0 Å². The highest BCUT2D eigenvalue weighted by Crippen LogP contribution is 2.52. The fourth-order valence-corrected chi connectivity index (χ4v) is 3.77. The first-order chi connectivity index (χ1) is 14.8. The molecule has 31 heavy (non-hydrogen) atoms. The Morgan fingerprint density at radius 1 is 1.03 bits per heavy atom. The van der Waals surface area contributed by atoms with E-state index in [-0.39, 0.29) is 11.5 Å². The maximum absolute atomic E-state index is 6.26. The average Bonchev–Trinajstić information content (AvgIpc) is 3.16. The number of fused-ring (bicyclic) bond motifs is 1. The predicted molar refractivity (Wildman–Crippen MR) is 117 cm³/mol.